The van der Waals surface area contributed by atoms with Crippen LogP contribution in [0.5, 0.6) is 0 Å². The molecule has 2 bridgehead atoms. The number of aromatic nitrogens is 1. The largest absolute Gasteiger partial charge is 0.445 e. The third-order valence-electron chi connectivity index (χ3n) is 5.59. The van der Waals surface area contributed by atoms with Crippen LogP contribution in [0, 0.1) is 0 Å². The van der Waals surface area contributed by atoms with Gasteiger partial charge in [-0.2, -0.15) is 0 Å². The summed E-state index contributed by atoms with van der Waals surface area (Å²) in [4.78, 5) is 19.1. The lowest BCUT2D eigenvalue weighted by Crippen LogP contribution is -2.56. The number of carbonyl (C=O) groups is 1. The van der Waals surface area contributed by atoms with Gasteiger partial charge in [0.1, 0.15) is 6.61 Å². The van der Waals surface area contributed by atoms with Crippen LogP contribution in [0.15, 0.2) is 72.9 Å². The Bertz CT molecular complexity index is 1060. The molecule has 5 nitrogen and oxygen atoms in total. The zero-order chi connectivity index (χ0) is 19.6. The van der Waals surface area contributed by atoms with Gasteiger partial charge in [0.2, 0.25) is 0 Å². The number of fused-ring (bicyclic) bond motifs is 3. The highest BCUT2D eigenvalue weighted by Crippen LogP contribution is 2.34. The first-order valence-corrected chi connectivity index (χ1v) is 9.90. The maximum absolute atomic E-state index is 12.8. The third-order valence-corrected chi connectivity index (χ3v) is 5.59. The first-order chi connectivity index (χ1) is 14.3. The fourth-order valence-electron chi connectivity index (χ4n) is 4.16. The number of rotatable bonds is 3. The summed E-state index contributed by atoms with van der Waals surface area (Å²) in [5.41, 5.74) is 4.41. The molecule has 2 atom stereocenters. The Balaban J connectivity index is 1.36. The van der Waals surface area contributed by atoms with Crippen molar-refractivity contribution in [2.75, 3.05) is 13.2 Å². The second kappa shape index (κ2) is 7.68. The standard InChI is InChI=1S/C24H22N2O3/c27-24(29-14-17-5-2-1-3-6-17)26-21-12-20(13-22(26)16-28-15-21)18-8-9-23-19(11-18)7-4-10-25-23/h1-12,21-22H,13-16H2. The number of pyridine rings is 1. The molecule has 1 amide bonds. The Labute approximate surface area is 169 Å². The molecule has 1 aromatic heterocycles. The van der Waals surface area contributed by atoms with E-state index in [1.54, 1.807) is 0 Å². The lowest BCUT2D eigenvalue weighted by molar-refractivity contribution is -0.0342. The number of carbonyl (C=O) groups excluding carboxylic acids is 1. The average molecular weight is 386 g/mol. The number of ether oxygens (including phenoxy) is 2. The Hall–Kier alpha value is -3.18. The molecule has 0 N–H and O–H groups in total. The third kappa shape index (κ3) is 3.61. The molecule has 3 aromatic rings. The molecule has 5 heteroatoms. The van der Waals surface area contributed by atoms with Gasteiger partial charge < -0.3 is 9.47 Å². The van der Waals surface area contributed by atoms with Crippen molar-refractivity contribution in [3.63, 3.8) is 0 Å². The van der Waals surface area contributed by atoms with Crippen molar-refractivity contribution < 1.29 is 14.3 Å². The molecular weight excluding hydrogens is 364 g/mol. The minimum Gasteiger partial charge on any atom is -0.445 e. The van der Waals surface area contributed by atoms with Crippen LogP contribution in [-0.2, 0) is 16.1 Å². The summed E-state index contributed by atoms with van der Waals surface area (Å²) in [5.74, 6) is 0. The molecule has 0 saturated carbocycles. The van der Waals surface area contributed by atoms with Crippen molar-refractivity contribution in [3.05, 3.63) is 84.1 Å². The molecule has 2 aliphatic rings. The van der Waals surface area contributed by atoms with E-state index in [1.807, 2.05) is 47.5 Å². The molecule has 29 heavy (non-hydrogen) atoms. The Morgan fingerprint density at radius 2 is 2.00 bits per heavy atom. The lowest BCUT2D eigenvalue weighted by atomic mass is 9.89. The van der Waals surface area contributed by atoms with E-state index in [9.17, 15) is 4.79 Å². The zero-order valence-electron chi connectivity index (χ0n) is 16.0. The van der Waals surface area contributed by atoms with E-state index < -0.39 is 0 Å². The molecule has 2 unspecified atom stereocenters. The summed E-state index contributed by atoms with van der Waals surface area (Å²) >= 11 is 0. The normalized spacial score (nSPS) is 21.0. The molecule has 5 rings (SSSR count). The van der Waals surface area contributed by atoms with Crippen LogP contribution in [0.4, 0.5) is 4.79 Å². The average Bonchev–Trinajstić information content (AvgIpc) is 2.77. The SMILES string of the molecule is O=C(OCc1ccccc1)N1C2C=C(c3ccc4ncccc4c3)CC1COC2. The van der Waals surface area contributed by atoms with Crippen molar-refractivity contribution >= 4 is 22.6 Å². The first-order valence-electron chi connectivity index (χ1n) is 9.90. The maximum Gasteiger partial charge on any atom is 0.411 e. The minimum absolute atomic E-state index is 0.0124. The summed E-state index contributed by atoms with van der Waals surface area (Å²) in [7, 11) is 0. The Morgan fingerprint density at radius 1 is 1.10 bits per heavy atom. The predicted octanol–water partition coefficient (Wildman–Crippen LogP) is 4.43. The van der Waals surface area contributed by atoms with Crippen molar-refractivity contribution in [2.24, 2.45) is 0 Å². The van der Waals surface area contributed by atoms with Crippen LogP contribution < -0.4 is 0 Å². The highest BCUT2D eigenvalue weighted by Gasteiger charge is 2.39. The lowest BCUT2D eigenvalue weighted by Gasteiger charge is -2.43. The molecule has 2 aromatic carbocycles. The van der Waals surface area contributed by atoms with E-state index in [4.69, 9.17) is 9.47 Å². The van der Waals surface area contributed by atoms with E-state index in [0.29, 0.717) is 13.2 Å². The van der Waals surface area contributed by atoms with Crippen LogP contribution in [0.25, 0.3) is 16.5 Å². The van der Waals surface area contributed by atoms with Crippen LogP contribution in [0.2, 0.25) is 0 Å². The summed E-state index contributed by atoms with van der Waals surface area (Å²) in [6.45, 7) is 1.31. The van der Waals surface area contributed by atoms with Crippen molar-refractivity contribution in [2.45, 2.75) is 25.1 Å². The van der Waals surface area contributed by atoms with Gasteiger partial charge in [0.15, 0.2) is 0 Å². The van der Waals surface area contributed by atoms with Crippen LogP contribution in [0.3, 0.4) is 0 Å². The molecule has 0 spiro atoms. The van der Waals surface area contributed by atoms with Crippen molar-refractivity contribution in [3.8, 4) is 0 Å². The fraction of sp³-hybridized carbons (Fsp3) is 0.250. The summed E-state index contributed by atoms with van der Waals surface area (Å²) < 4.78 is 11.3. The molecule has 0 aliphatic carbocycles. The molecular formula is C24H22N2O3. The highest BCUT2D eigenvalue weighted by atomic mass is 16.6. The maximum atomic E-state index is 12.8. The van der Waals surface area contributed by atoms with Gasteiger partial charge in [0.25, 0.3) is 0 Å². The summed E-state index contributed by atoms with van der Waals surface area (Å²) in [6, 6.07) is 20.0. The summed E-state index contributed by atoms with van der Waals surface area (Å²) in [6.07, 6.45) is 4.44. The number of benzene rings is 2. The van der Waals surface area contributed by atoms with E-state index >= 15 is 0 Å². The number of hydrogen-bond acceptors (Lipinski definition) is 4. The zero-order valence-corrected chi connectivity index (χ0v) is 16.0. The molecule has 0 radical (unpaired) electrons. The Kier molecular flexibility index (Phi) is 4.74. The van der Waals surface area contributed by atoms with E-state index in [1.165, 1.54) is 11.1 Å². The number of hydrogen-bond donors (Lipinski definition) is 0. The van der Waals surface area contributed by atoms with Gasteiger partial charge in [-0.15, -0.1) is 0 Å². The topological polar surface area (TPSA) is 51.7 Å². The number of amides is 1. The quantitative estimate of drug-likeness (QED) is 0.668. The van der Waals surface area contributed by atoms with Gasteiger partial charge in [0, 0.05) is 11.6 Å². The van der Waals surface area contributed by atoms with Gasteiger partial charge in [-0.3, -0.25) is 9.88 Å². The second-order valence-electron chi connectivity index (χ2n) is 7.51. The summed E-state index contributed by atoms with van der Waals surface area (Å²) in [5, 5.41) is 1.12. The Morgan fingerprint density at radius 3 is 2.86 bits per heavy atom. The fourth-order valence-corrected chi connectivity index (χ4v) is 4.16. The van der Waals surface area contributed by atoms with E-state index in [-0.39, 0.29) is 24.8 Å². The number of nitrogens with zero attached hydrogens (tertiary/aromatic N) is 2. The predicted molar refractivity (Wildman–Crippen MR) is 111 cm³/mol. The van der Waals surface area contributed by atoms with Crippen LogP contribution in [0.1, 0.15) is 17.5 Å². The van der Waals surface area contributed by atoms with Crippen molar-refractivity contribution in [1.29, 1.82) is 0 Å². The van der Waals surface area contributed by atoms with Gasteiger partial charge >= 0.3 is 6.09 Å². The molecule has 1 saturated heterocycles. The van der Waals surface area contributed by atoms with Crippen LogP contribution >= 0.6 is 0 Å². The van der Waals surface area contributed by atoms with Crippen molar-refractivity contribution in [1.82, 2.24) is 9.88 Å². The van der Waals surface area contributed by atoms with Gasteiger partial charge in [0.05, 0.1) is 30.8 Å². The minimum atomic E-state index is -0.273. The molecule has 146 valence electrons. The first kappa shape index (κ1) is 17.9. The molecule has 3 heterocycles. The highest BCUT2D eigenvalue weighted by molar-refractivity contribution is 5.84. The van der Waals surface area contributed by atoms with Gasteiger partial charge in [-0.05, 0) is 41.3 Å². The monoisotopic (exact) mass is 386 g/mol. The van der Waals surface area contributed by atoms with E-state index in [0.717, 1.165) is 22.9 Å². The van der Waals surface area contributed by atoms with E-state index in [2.05, 4.69) is 35.3 Å². The molecule has 1 fully saturated rings. The van der Waals surface area contributed by atoms with Gasteiger partial charge in [-0.25, -0.2) is 4.79 Å². The smallest absolute Gasteiger partial charge is 0.411 e. The van der Waals surface area contributed by atoms with Crippen LogP contribution in [-0.4, -0.2) is 41.3 Å². The number of morpholine rings is 1. The van der Waals surface area contributed by atoms with Gasteiger partial charge in [-0.1, -0.05) is 48.5 Å². The molecule has 2 aliphatic heterocycles. The second-order valence-corrected chi connectivity index (χ2v) is 7.51.